The van der Waals surface area contributed by atoms with Crippen LogP contribution in [-0.4, -0.2) is 20.6 Å². The molecule has 0 saturated heterocycles. The summed E-state index contributed by atoms with van der Waals surface area (Å²) in [6.07, 6.45) is 4.18. The number of pyridine rings is 3. The van der Waals surface area contributed by atoms with Crippen LogP contribution >= 0.6 is 0 Å². The SMILES string of the molecule is CCC1(O)CC(=O)OCc2c1cc1n(c2=O)Cc2c-1nc1cc(C)ccc1c2C[n+]1ccccc1.[Cl-]. The first kappa shape index (κ1) is 24.2. The summed E-state index contributed by atoms with van der Waals surface area (Å²) in [7, 11) is 0. The molecule has 1 unspecified atom stereocenters. The first-order valence-corrected chi connectivity index (χ1v) is 11.9. The van der Waals surface area contributed by atoms with Crippen molar-refractivity contribution in [3.8, 4) is 11.4 Å². The molecule has 4 aromatic rings. The molecule has 6 rings (SSSR count). The Kier molecular flexibility index (Phi) is 5.93. The lowest BCUT2D eigenvalue weighted by molar-refractivity contribution is -0.688. The van der Waals surface area contributed by atoms with Crippen molar-refractivity contribution in [2.24, 2.45) is 0 Å². The van der Waals surface area contributed by atoms with Crippen molar-refractivity contribution in [3.63, 3.8) is 0 Å². The van der Waals surface area contributed by atoms with Crippen molar-refractivity contribution in [1.29, 1.82) is 0 Å². The van der Waals surface area contributed by atoms with E-state index in [1.54, 1.807) is 4.57 Å². The van der Waals surface area contributed by atoms with Crippen LogP contribution < -0.4 is 22.5 Å². The number of nitrogens with zero attached hydrogens (tertiary/aromatic N) is 3. The smallest absolute Gasteiger partial charge is 0.309 e. The second-order valence-electron chi connectivity index (χ2n) is 9.52. The van der Waals surface area contributed by atoms with Crippen LogP contribution in [0.15, 0.2) is 59.7 Å². The molecule has 8 heteroatoms. The maximum Gasteiger partial charge on any atom is 0.309 e. The molecule has 7 nitrogen and oxygen atoms in total. The van der Waals surface area contributed by atoms with Gasteiger partial charge in [0, 0.05) is 28.6 Å². The van der Waals surface area contributed by atoms with Crippen LogP contribution in [-0.2, 0) is 34.8 Å². The lowest BCUT2D eigenvalue weighted by Crippen LogP contribution is -3.00. The summed E-state index contributed by atoms with van der Waals surface area (Å²) < 4.78 is 9.11. The maximum atomic E-state index is 13.7. The van der Waals surface area contributed by atoms with E-state index in [2.05, 4.69) is 22.8 Å². The minimum atomic E-state index is -1.45. The molecule has 0 fully saturated rings. The minimum Gasteiger partial charge on any atom is -1.00 e. The van der Waals surface area contributed by atoms with Crippen molar-refractivity contribution >= 4 is 16.9 Å². The highest BCUT2D eigenvalue weighted by Crippen LogP contribution is 2.40. The number of hydrogen-bond acceptors (Lipinski definition) is 5. The van der Waals surface area contributed by atoms with Crippen LogP contribution in [0, 0.1) is 6.92 Å². The predicted octanol–water partition coefficient (Wildman–Crippen LogP) is 0.118. The first-order chi connectivity index (χ1) is 16.9. The molecule has 0 bridgehead atoms. The summed E-state index contributed by atoms with van der Waals surface area (Å²) in [5.74, 6) is -0.503. The third kappa shape index (κ3) is 3.70. The van der Waals surface area contributed by atoms with Crippen molar-refractivity contribution in [2.45, 2.75) is 52.0 Å². The van der Waals surface area contributed by atoms with Crippen LogP contribution in [0.1, 0.15) is 47.6 Å². The van der Waals surface area contributed by atoms with E-state index in [-0.39, 0.29) is 31.0 Å². The fourth-order valence-electron chi connectivity index (χ4n) is 5.38. The van der Waals surface area contributed by atoms with Gasteiger partial charge in [0.2, 0.25) is 0 Å². The molecule has 2 aliphatic rings. The number of halogens is 1. The maximum absolute atomic E-state index is 13.7. The van der Waals surface area contributed by atoms with Crippen molar-refractivity contribution < 1.29 is 31.6 Å². The Morgan fingerprint density at radius 2 is 1.92 bits per heavy atom. The number of rotatable bonds is 3. The highest BCUT2D eigenvalue weighted by atomic mass is 35.5. The van der Waals surface area contributed by atoms with Gasteiger partial charge in [-0.05, 0) is 36.6 Å². The van der Waals surface area contributed by atoms with Crippen LogP contribution in [0.25, 0.3) is 22.3 Å². The largest absolute Gasteiger partial charge is 1.00 e. The van der Waals surface area contributed by atoms with E-state index in [4.69, 9.17) is 9.72 Å². The quantitative estimate of drug-likeness (QED) is 0.279. The predicted molar refractivity (Wildman–Crippen MR) is 130 cm³/mol. The Balaban J connectivity index is 0.00000267. The van der Waals surface area contributed by atoms with E-state index in [1.807, 2.05) is 50.5 Å². The minimum absolute atomic E-state index is 0. The van der Waals surface area contributed by atoms with Gasteiger partial charge in [0.15, 0.2) is 18.9 Å². The monoisotopic (exact) mass is 503 g/mol. The van der Waals surface area contributed by atoms with Gasteiger partial charge in [-0.1, -0.05) is 25.1 Å². The molecule has 1 aromatic carbocycles. The lowest BCUT2D eigenvalue weighted by Gasteiger charge is -2.26. The van der Waals surface area contributed by atoms with Crippen LogP contribution in [0.2, 0.25) is 0 Å². The van der Waals surface area contributed by atoms with E-state index >= 15 is 0 Å². The Hall–Kier alpha value is -3.55. The number of aryl methyl sites for hydroxylation is 1. The summed E-state index contributed by atoms with van der Waals surface area (Å²) in [4.78, 5) is 30.9. The topological polar surface area (TPSA) is 85.3 Å². The summed E-state index contributed by atoms with van der Waals surface area (Å²) in [6, 6.07) is 14.1. The van der Waals surface area contributed by atoms with Gasteiger partial charge in [-0.15, -0.1) is 0 Å². The molecule has 5 heterocycles. The normalized spacial score (nSPS) is 18.0. The lowest BCUT2D eigenvalue weighted by atomic mass is 9.85. The van der Waals surface area contributed by atoms with Gasteiger partial charge >= 0.3 is 5.97 Å². The molecular weight excluding hydrogens is 478 g/mol. The molecule has 0 aliphatic carbocycles. The first-order valence-electron chi connectivity index (χ1n) is 11.9. The average molecular weight is 504 g/mol. The number of hydrogen-bond donors (Lipinski definition) is 1. The standard InChI is InChI=1S/C28H26N3O4.ClH/c1-3-28(34)13-25(32)35-16-21-22(28)12-24-26-20(15-31(24)27(21)33)19(14-30-9-5-4-6-10-30)18-8-7-17(2)11-23(18)29-26;/h4-12,34H,3,13-16H2,1-2H3;1H/q+1;/p-1. The van der Waals surface area contributed by atoms with E-state index in [0.29, 0.717) is 36.3 Å². The Morgan fingerprint density at radius 1 is 1.14 bits per heavy atom. The molecule has 0 saturated carbocycles. The molecule has 1 N–H and O–H groups in total. The van der Waals surface area contributed by atoms with Crippen LogP contribution in [0.4, 0.5) is 0 Å². The van der Waals surface area contributed by atoms with Gasteiger partial charge in [0.1, 0.15) is 12.2 Å². The summed E-state index contributed by atoms with van der Waals surface area (Å²) in [6.45, 7) is 4.74. The fraction of sp³-hybridized carbons (Fsp3) is 0.286. The Bertz CT molecular complexity index is 1580. The number of cyclic esters (lactones) is 1. The summed E-state index contributed by atoms with van der Waals surface area (Å²) >= 11 is 0. The highest BCUT2D eigenvalue weighted by Gasteiger charge is 2.40. The Labute approximate surface area is 214 Å². The zero-order valence-corrected chi connectivity index (χ0v) is 20.9. The van der Waals surface area contributed by atoms with Crippen molar-refractivity contribution in [1.82, 2.24) is 9.55 Å². The number of aromatic nitrogens is 3. The fourth-order valence-corrected chi connectivity index (χ4v) is 5.38. The molecule has 36 heavy (non-hydrogen) atoms. The number of benzene rings is 1. The van der Waals surface area contributed by atoms with Gasteiger partial charge in [0.05, 0.1) is 35.4 Å². The summed E-state index contributed by atoms with van der Waals surface area (Å²) in [5, 5.41) is 12.4. The third-order valence-electron chi connectivity index (χ3n) is 7.34. The van der Waals surface area contributed by atoms with Gasteiger partial charge in [-0.2, -0.15) is 0 Å². The second kappa shape index (κ2) is 8.84. The molecule has 0 amide bonds. The highest BCUT2D eigenvalue weighted by molar-refractivity contribution is 5.88. The number of fused-ring (bicyclic) bond motifs is 5. The molecule has 0 spiro atoms. The molecular formula is C28H26ClN3O4. The van der Waals surface area contributed by atoms with Gasteiger partial charge in [-0.3, -0.25) is 9.59 Å². The van der Waals surface area contributed by atoms with Gasteiger partial charge in [-0.25, -0.2) is 9.55 Å². The van der Waals surface area contributed by atoms with E-state index in [9.17, 15) is 14.7 Å². The van der Waals surface area contributed by atoms with E-state index < -0.39 is 11.6 Å². The molecule has 1 atom stereocenters. The number of ether oxygens (including phenoxy) is 1. The number of aliphatic hydroxyl groups is 1. The van der Waals surface area contributed by atoms with E-state index in [1.165, 1.54) is 0 Å². The zero-order valence-electron chi connectivity index (χ0n) is 20.1. The third-order valence-corrected chi connectivity index (χ3v) is 7.34. The van der Waals surface area contributed by atoms with Gasteiger partial charge in [0.25, 0.3) is 5.56 Å². The number of carbonyl (C=O) groups is 1. The van der Waals surface area contributed by atoms with Gasteiger partial charge < -0.3 is 26.8 Å². The number of carbonyl (C=O) groups excluding carboxylic acids is 1. The van der Waals surface area contributed by atoms with Crippen LogP contribution in [0.5, 0.6) is 0 Å². The molecule has 184 valence electrons. The molecule has 3 aromatic heterocycles. The van der Waals surface area contributed by atoms with Crippen molar-refractivity contribution in [2.75, 3.05) is 0 Å². The van der Waals surface area contributed by atoms with E-state index in [0.717, 1.165) is 33.3 Å². The zero-order chi connectivity index (χ0) is 24.3. The number of esters is 1. The average Bonchev–Trinajstić information content (AvgIpc) is 3.16. The molecule has 2 aliphatic heterocycles. The van der Waals surface area contributed by atoms with Crippen molar-refractivity contribution in [3.05, 3.63) is 93.0 Å². The van der Waals surface area contributed by atoms with Crippen LogP contribution in [0.3, 0.4) is 0 Å². The summed E-state index contributed by atoms with van der Waals surface area (Å²) in [5.41, 5.74) is 4.66. The molecule has 0 radical (unpaired) electrons. The Morgan fingerprint density at radius 3 is 2.67 bits per heavy atom. The second-order valence-corrected chi connectivity index (χ2v) is 9.52.